The van der Waals surface area contributed by atoms with E-state index in [1.807, 2.05) is 39.8 Å². The minimum absolute atomic E-state index is 0.0937. The molecule has 0 bridgehead atoms. The Bertz CT molecular complexity index is 323. The molecule has 0 aliphatic rings. The number of ketones is 1. The van der Waals surface area contributed by atoms with Crippen LogP contribution in [0, 0.1) is 12.3 Å². The lowest BCUT2D eigenvalue weighted by Gasteiger charge is -2.15. The molecule has 0 atom stereocenters. The van der Waals surface area contributed by atoms with Crippen molar-refractivity contribution in [1.29, 1.82) is 0 Å². The van der Waals surface area contributed by atoms with Gasteiger partial charge in [0.25, 0.3) is 0 Å². The number of carbonyl (C=O) groups excluding carboxylic acids is 1. The van der Waals surface area contributed by atoms with E-state index in [0.717, 1.165) is 5.69 Å². The smallest absolute Gasteiger partial charge is 0.186 e. The fraction of sp³-hybridized carbons (Fsp3) is 0.455. The van der Waals surface area contributed by atoms with Gasteiger partial charge in [-0.1, -0.05) is 26.8 Å². The van der Waals surface area contributed by atoms with E-state index in [-0.39, 0.29) is 11.2 Å². The number of pyridine rings is 1. The molecule has 0 spiro atoms. The summed E-state index contributed by atoms with van der Waals surface area (Å²) < 4.78 is 0. The largest absolute Gasteiger partial charge is 0.292 e. The molecule has 0 saturated carbocycles. The Balaban J connectivity index is 3.03. The predicted octanol–water partition coefficient (Wildman–Crippen LogP) is 2.62. The Morgan fingerprint density at radius 2 is 1.92 bits per heavy atom. The van der Waals surface area contributed by atoms with Gasteiger partial charge in [0.2, 0.25) is 0 Å². The third kappa shape index (κ3) is 2.38. The molecule has 0 radical (unpaired) electrons. The Kier molecular flexibility index (Phi) is 2.50. The third-order valence-electron chi connectivity index (χ3n) is 1.80. The van der Waals surface area contributed by atoms with Crippen molar-refractivity contribution in [1.82, 2.24) is 4.98 Å². The first-order valence-electron chi connectivity index (χ1n) is 4.40. The lowest BCUT2D eigenvalue weighted by atomic mass is 9.89. The Morgan fingerprint density at radius 3 is 2.38 bits per heavy atom. The van der Waals surface area contributed by atoms with Crippen LogP contribution < -0.4 is 0 Å². The number of aryl methyl sites for hydroxylation is 1. The van der Waals surface area contributed by atoms with Crippen molar-refractivity contribution in [2.45, 2.75) is 27.7 Å². The third-order valence-corrected chi connectivity index (χ3v) is 1.80. The van der Waals surface area contributed by atoms with Crippen molar-refractivity contribution < 1.29 is 4.79 Å². The van der Waals surface area contributed by atoms with E-state index in [0.29, 0.717) is 5.69 Å². The molecule has 0 aliphatic carbocycles. The topological polar surface area (TPSA) is 30.0 Å². The van der Waals surface area contributed by atoms with Crippen molar-refractivity contribution in [3.8, 4) is 0 Å². The van der Waals surface area contributed by atoms with Crippen LogP contribution in [0.25, 0.3) is 0 Å². The Hall–Kier alpha value is -1.18. The van der Waals surface area contributed by atoms with Gasteiger partial charge in [-0.15, -0.1) is 0 Å². The average molecular weight is 177 g/mol. The second kappa shape index (κ2) is 3.29. The first-order valence-corrected chi connectivity index (χ1v) is 4.40. The highest BCUT2D eigenvalue weighted by Gasteiger charge is 2.23. The number of aromatic nitrogens is 1. The summed E-state index contributed by atoms with van der Waals surface area (Å²) >= 11 is 0. The molecule has 70 valence electrons. The lowest BCUT2D eigenvalue weighted by molar-refractivity contribution is 0.0852. The molecule has 0 unspecified atom stereocenters. The first-order chi connectivity index (χ1) is 5.91. The normalized spacial score (nSPS) is 11.4. The van der Waals surface area contributed by atoms with E-state index in [1.165, 1.54) is 0 Å². The molecular formula is C11H15NO. The quantitative estimate of drug-likeness (QED) is 0.617. The molecule has 1 aromatic heterocycles. The SMILES string of the molecule is Cc1cccc(C(=O)C(C)(C)C)n1. The molecule has 0 fully saturated rings. The van der Waals surface area contributed by atoms with E-state index < -0.39 is 0 Å². The maximum Gasteiger partial charge on any atom is 0.186 e. The van der Waals surface area contributed by atoms with Crippen molar-refractivity contribution in [3.05, 3.63) is 29.6 Å². The summed E-state index contributed by atoms with van der Waals surface area (Å²) in [5.74, 6) is 0.0937. The monoisotopic (exact) mass is 177 g/mol. The van der Waals surface area contributed by atoms with Gasteiger partial charge in [-0.2, -0.15) is 0 Å². The van der Waals surface area contributed by atoms with Crippen molar-refractivity contribution in [2.24, 2.45) is 5.41 Å². The van der Waals surface area contributed by atoms with Crippen molar-refractivity contribution in [3.63, 3.8) is 0 Å². The van der Waals surface area contributed by atoms with Gasteiger partial charge >= 0.3 is 0 Å². The standard InChI is InChI=1S/C11H15NO/c1-8-6-5-7-9(12-8)10(13)11(2,3)4/h5-7H,1-4H3. The molecule has 13 heavy (non-hydrogen) atoms. The molecule has 2 heteroatoms. The highest BCUT2D eigenvalue weighted by atomic mass is 16.1. The number of hydrogen-bond donors (Lipinski definition) is 0. The Labute approximate surface area is 79.0 Å². The van der Waals surface area contributed by atoms with Gasteiger partial charge in [0.15, 0.2) is 5.78 Å². The van der Waals surface area contributed by atoms with Gasteiger partial charge in [0, 0.05) is 11.1 Å². The molecule has 0 amide bonds. The molecule has 0 saturated heterocycles. The van der Waals surface area contributed by atoms with Gasteiger partial charge in [-0.3, -0.25) is 9.78 Å². The van der Waals surface area contributed by atoms with Gasteiger partial charge in [0.1, 0.15) is 5.69 Å². The zero-order valence-corrected chi connectivity index (χ0v) is 8.59. The lowest BCUT2D eigenvalue weighted by Crippen LogP contribution is -2.21. The van der Waals surface area contributed by atoms with E-state index in [2.05, 4.69) is 4.98 Å². The summed E-state index contributed by atoms with van der Waals surface area (Å²) in [5.41, 5.74) is 1.10. The number of hydrogen-bond acceptors (Lipinski definition) is 2. The van der Waals surface area contributed by atoms with Crippen LogP contribution in [0.15, 0.2) is 18.2 Å². The second-order valence-corrected chi connectivity index (χ2v) is 4.24. The molecule has 2 nitrogen and oxygen atoms in total. The van der Waals surface area contributed by atoms with Crippen molar-refractivity contribution >= 4 is 5.78 Å². The van der Waals surface area contributed by atoms with Gasteiger partial charge in [-0.05, 0) is 19.1 Å². The van der Waals surface area contributed by atoms with E-state index in [9.17, 15) is 4.79 Å². The molecular weight excluding hydrogens is 162 g/mol. The minimum atomic E-state index is -0.346. The zero-order valence-electron chi connectivity index (χ0n) is 8.59. The van der Waals surface area contributed by atoms with Gasteiger partial charge < -0.3 is 0 Å². The van der Waals surface area contributed by atoms with E-state index in [4.69, 9.17) is 0 Å². The molecule has 1 aromatic rings. The van der Waals surface area contributed by atoms with Crippen LogP contribution in [0.2, 0.25) is 0 Å². The summed E-state index contributed by atoms with van der Waals surface area (Å²) in [7, 11) is 0. The average Bonchev–Trinajstić information content (AvgIpc) is 2.01. The van der Waals surface area contributed by atoms with Crippen LogP contribution in [0.1, 0.15) is 37.0 Å². The number of nitrogens with zero attached hydrogens (tertiary/aromatic N) is 1. The highest BCUT2D eigenvalue weighted by Crippen LogP contribution is 2.19. The maximum atomic E-state index is 11.8. The maximum absolute atomic E-state index is 11.8. The summed E-state index contributed by atoms with van der Waals surface area (Å²) in [6.45, 7) is 7.59. The predicted molar refractivity (Wildman–Crippen MR) is 52.8 cm³/mol. The van der Waals surface area contributed by atoms with E-state index in [1.54, 1.807) is 6.07 Å². The van der Waals surface area contributed by atoms with Crippen LogP contribution in [-0.4, -0.2) is 10.8 Å². The van der Waals surface area contributed by atoms with Crippen LogP contribution in [0.5, 0.6) is 0 Å². The second-order valence-electron chi connectivity index (χ2n) is 4.24. The number of carbonyl (C=O) groups is 1. The molecule has 1 rings (SSSR count). The summed E-state index contributed by atoms with van der Waals surface area (Å²) in [4.78, 5) is 15.9. The summed E-state index contributed by atoms with van der Waals surface area (Å²) in [6.07, 6.45) is 0. The molecule has 0 N–H and O–H groups in total. The van der Waals surface area contributed by atoms with Gasteiger partial charge in [-0.25, -0.2) is 0 Å². The zero-order chi connectivity index (χ0) is 10.1. The highest BCUT2D eigenvalue weighted by molar-refractivity contribution is 5.98. The molecule has 0 aromatic carbocycles. The van der Waals surface area contributed by atoms with Crippen LogP contribution in [-0.2, 0) is 0 Å². The molecule has 1 heterocycles. The van der Waals surface area contributed by atoms with E-state index >= 15 is 0 Å². The first kappa shape index (κ1) is 9.90. The summed E-state index contributed by atoms with van der Waals surface area (Å²) in [5, 5.41) is 0. The van der Waals surface area contributed by atoms with Crippen LogP contribution >= 0.6 is 0 Å². The number of rotatable bonds is 1. The van der Waals surface area contributed by atoms with Gasteiger partial charge in [0.05, 0.1) is 0 Å². The van der Waals surface area contributed by atoms with Crippen LogP contribution in [0.4, 0.5) is 0 Å². The minimum Gasteiger partial charge on any atom is -0.292 e. The summed E-state index contributed by atoms with van der Waals surface area (Å²) in [6, 6.07) is 5.52. The Morgan fingerprint density at radius 1 is 1.31 bits per heavy atom. The number of Topliss-reactive ketones (excluding diaryl/α,β-unsaturated/α-hetero) is 1. The fourth-order valence-electron chi connectivity index (χ4n) is 1.05. The fourth-order valence-corrected chi connectivity index (χ4v) is 1.05. The van der Waals surface area contributed by atoms with Crippen LogP contribution in [0.3, 0.4) is 0 Å². The molecule has 0 aliphatic heterocycles. The van der Waals surface area contributed by atoms with Crippen molar-refractivity contribution in [2.75, 3.05) is 0 Å².